The van der Waals surface area contributed by atoms with Crippen LogP contribution in [-0.2, 0) is 4.79 Å². The zero-order valence-corrected chi connectivity index (χ0v) is 11.1. The Labute approximate surface area is 101 Å². The Kier molecular flexibility index (Phi) is 3.08. The maximum atomic E-state index is 11.4. The minimum atomic E-state index is -0.623. The molecule has 0 spiro atoms. The summed E-state index contributed by atoms with van der Waals surface area (Å²) < 4.78 is 0. The number of thioether (sulfide) groups is 1. The van der Waals surface area contributed by atoms with Crippen molar-refractivity contribution in [3.63, 3.8) is 0 Å². The fourth-order valence-electron chi connectivity index (χ4n) is 2.84. The zero-order valence-electron chi connectivity index (χ0n) is 10.2. The summed E-state index contributed by atoms with van der Waals surface area (Å²) in [5, 5.41) is 9.65. The number of carboxylic acids is 1. The predicted molar refractivity (Wildman–Crippen MR) is 67.5 cm³/mol. The van der Waals surface area contributed by atoms with Gasteiger partial charge in [-0.05, 0) is 41.6 Å². The van der Waals surface area contributed by atoms with Gasteiger partial charge in [0.25, 0.3) is 0 Å². The first-order chi connectivity index (χ1) is 7.44. The van der Waals surface area contributed by atoms with Crippen LogP contribution in [0.5, 0.6) is 0 Å². The van der Waals surface area contributed by atoms with Crippen LogP contribution in [0.2, 0.25) is 0 Å². The summed E-state index contributed by atoms with van der Waals surface area (Å²) >= 11 is 1.83. The quantitative estimate of drug-likeness (QED) is 0.800. The molecule has 1 heterocycles. The Hall–Kier alpha value is -0.440. The highest BCUT2D eigenvalue weighted by molar-refractivity contribution is 8.04. The normalized spacial score (nSPS) is 32.7. The average Bonchev–Trinajstić information content (AvgIpc) is 2.53. The minimum Gasteiger partial charge on any atom is -0.481 e. The molecule has 90 valence electrons. The van der Waals surface area contributed by atoms with Crippen LogP contribution >= 0.6 is 11.8 Å². The van der Waals surface area contributed by atoms with E-state index in [-0.39, 0.29) is 16.6 Å². The first-order valence-corrected chi connectivity index (χ1v) is 6.94. The Morgan fingerprint density at radius 3 is 2.81 bits per heavy atom. The largest absolute Gasteiger partial charge is 0.481 e. The molecule has 1 aliphatic heterocycles. The van der Waals surface area contributed by atoms with E-state index in [9.17, 15) is 9.90 Å². The summed E-state index contributed by atoms with van der Waals surface area (Å²) in [5.41, 5.74) is 1.52. The van der Waals surface area contributed by atoms with Gasteiger partial charge < -0.3 is 5.11 Å². The van der Waals surface area contributed by atoms with E-state index in [2.05, 4.69) is 20.8 Å². The molecule has 16 heavy (non-hydrogen) atoms. The third kappa shape index (κ3) is 2.02. The molecule has 1 aliphatic carbocycles. The van der Waals surface area contributed by atoms with Crippen molar-refractivity contribution in [1.82, 2.24) is 0 Å². The van der Waals surface area contributed by atoms with Gasteiger partial charge in [-0.25, -0.2) is 0 Å². The number of hydrogen-bond donors (Lipinski definition) is 1. The summed E-state index contributed by atoms with van der Waals surface area (Å²) in [6, 6.07) is 0. The number of hydrogen-bond acceptors (Lipinski definition) is 2. The molecule has 2 atom stereocenters. The van der Waals surface area contributed by atoms with Gasteiger partial charge in [-0.15, -0.1) is 11.8 Å². The molecule has 1 N–H and O–H groups in total. The number of aliphatic carboxylic acids is 1. The van der Waals surface area contributed by atoms with E-state index in [4.69, 9.17) is 0 Å². The molecular weight excluding hydrogens is 220 g/mol. The van der Waals surface area contributed by atoms with Gasteiger partial charge in [-0.2, -0.15) is 0 Å². The van der Waals surface area contributed by atoms with Gasteiger partial charge in [0.15, 0.2) is 0 Å². The fraction of sp³-hybridized carbons (Fsp3) is 0.769. The van der Waals surface area contributed by atoms with Crippen LogP contribution in [0.25, 0.3) is 0 Å². The van der Waals surface area contributed by atoms with E-state index < -0.39 is 5.97 Å². The van der Waals surface area contributed by atoms with Gasteiger partial charge >= 0.3 is 5.97 Å². The number of carboxylic acid groups (broad SMARTS) is 1. The van der Waals surface area contributed by atoms with Crippen LogP contribution < -0.4 is 0 Å². The lowest BCUT2D eigenvalue weighted by Crippen LogP contribution is -2.27. The van der Waals surface area contributed by atoms with Crippen LogP contribution in [0.1, 0.15) is 46.5 Å². The Morgan fingerprint density at radius 2 is 2.25 bits per heavy atom. The molecule has 0 aromatic heterocycles. The van der Waals surface area contributed by atoms with Crippen LogP contribution in [0.3, 0.4) is 0 Å². The highest BCUT2D eigenvalue weighted by Gasteiger charge is 2.43. The molecular formula is C13H20O2S. The Morgan fingerprint density at radius 1 is 1.56 bits per heavy atom. The monoisotopic (exact) mass is 240 g/mol. The molecule has 2 nitrogen and oxygen atoms in total. The van der Waals surface area contributed by atoms with Crippen molar-refractivity contribution in [2.45, 2.75) is 51.7 Å². The molecule has 0 aromatic carbocycles. The van der Waals surface area contributed by atoms with E-state index in [1.54, 1.807) is 0 Å². The standard InChI is InChI=1S/C13H20O2S/c1-4-9-11(12(14)15)8-7-13(2,3)6-5-10(8)16-9/h9,11H,4-7H2,1-3H3,(H,14,15). The minimum absolute atomic E-state index is 0.218. The lowest BCUT2D eigenvalue weighted by atomic mass is 9.73. The Bertz CT molecular complexity index is 344. The molecule has 0 saturated heterocycles. The molecule has 3 heteroatoms. The second kappa shape index (κ2) is 4.10. The van der Waals surface area contributed by atoms with Crippen LogP contribution in [0, 0.1) is 11.3 Å². The molecule has 2 unspecified atom stereocenters. The summed E-state index contributed by atoms with van der Waals surface area (Å²) in [4.78, 5) is 12.8. The molecule has 0 radical (unpaired) electrons. The summed E-state index contributed by atoms with van der Waals surface area (Å²) in [6.45, 7) is 6.59. The topological polar surface area (TPSA) is 37.3 Å². The molecule has 0 saturated carbocycles. The van der Waals surface area contributed by atoms with Crippen molar-refractivity contribution in [3.8, 4) is 0 Å². The summed E-state index contributed by atoms with van der Waals surface area (Å²) in [5.74, 6) is -0.841. The molecule has 2 rings (SSSR count). The van der Waals surface area contributed by atoms with Gasteiger partial charge in [0.05, 0.1) is 5.92 Å². The van der Waals surface area contributed by atoms with Gasteiger partial charge in [-0.1, -0.05) is 20.8 Å². The van der Waals surface area contributed by atoms with Crippen molar-refractivity contribution in [1.29, 1.82) is 0 Å². The molecule has 0 amide bonds. The van der Waals surface area contributed by atoms with E-state index in [1.807, 2.05) is 11.8 Å². The van der Waals surface area contributed by atoms with Gasteiger partial charge in [0.2, 0.25) is 0 Å². The molecule has 0 bridgehead atoms. The van der Waals surface area contributed by atoms with Crippen LogP contribution in [0.15, 0.2) is 10.5 Å². The molecule has 0 fully saturated rings. The van der Waals surface area contributed by atoms with E-state index >= 15 is 0 Å². The van der Waals surface area contributed by atoms with Gasteiger partial charge in [0, 0.05) is 5.25 Å². The van der Waals surface area contributed by atoms with E-state index in [0.717, 1.165) is 19.3 Å². The highest BCUT2D eigenvalue weighted by Crippen LogP contribution is 2.53. The smallest absolute Gasteiger partial charge is 0.311 e. The number of rotatable bonds is 2. The highest BCUT2D eigenvalue weighted by atomic mass is 32.2. The van der Waals surface area contributed by atoms with Crippen molar-refractivity contribution in [2.24, 2.45) is 11.3 Å². The fourth-order valence-corrected chi connectivity index (χ4v) is 4.35. The van der Waals surface area contributed by atoms with Crippen molar-refractivity contribution in [2.75, 3.05) is 0 Å². The van der Waals surface area contributed by atoms with Crippen LogP contribution in [-0.4, -0.2) is 16.3 Å². The third-order valence-corrected chi connectivity index (χ3v) is 5.42. The first kappa shape index (κ1) is 12.0. The van der Waals surface area contributed by atoms with Gasteiger partial charge in [-0.3, -0.25) is 4.79 Å². The number of allylic oxidation sites excluding steroid dienone is 1. The number of carbonyl (C=O) groups is 1. The zero-order chi connectivity index (χ0) is 11.9. The summed E-state index contributed by atoms with van der Waals surface area (Å²) in [7, 11) is 0. The van der Waals surface area contributed by atoms with E-state index in [0.29, 0.717) is 0 Å². The SMILES string of the molecule is CCC1SC2=C(CC(C)(C)CC2)C1C(=O)O. The Balaban J connectivity index is 2.28. The molecule has 0 aromatic rings. The second-order valence-electron chi connectivity index (χ2n) is 5.67. The maximum Gasteiger partial charge on any atom is 0.311 e. The predicted octanol–water partition coefficient (Wildman–Crippen LogP) is 3.68. The van der Waals surface area contributed by atoms with Crippen molar-refractivity contribution in [3.05, 3.63) is 10.5 Å². The summed E-state index contributed by atoms with van der Waals surface area (Å²) in [6.07, 6.45) is 4.22. The molecule has 2 aliphatic rings. The lowest BCUT2D eigenvalue weighted by molar-refractivity contribution is -0.140. The second-order valence-corrected chi connectivity index (χ2v) is 7.00. The van der Waals surface area contributed by atoms with Gasteiger partial charge in [0.1, 0.15) is 0 Å². The lowest BCUT2D eigenvalue weighted by Gasteiger charge is -2.31. The van der Waals surface area contributed by atoms with E-state index in [1.165, 1.54) is 16.9 Å². The first-order valence-electron chi connectivity index (χ1n) is 6.06. The van der Waals surface area contributed by atoms with Crippen molar-refractivity contribution >= 4 is 17.7 Å². The van der Waals surface area contributed by atoms with Crippen molar-refractivity contribution < 1.29 is 9.90 Å². The maximum absolute atomic E-state index is 11.4. The third-order valence-electron chi connectivity index (χ3n) is 3.77. The van der Waals surface area contributed by atoms with Crippen LogP contribution in [0.4, 0.5) is 0 Å². The average molecular weight is 240 g/mol.